The van der Waals surface area contributed by atoms with Gasteiger partial charge in [0.2, 0.25) is 5.91 Å². The molecule has 130 valence electrons. The van der Waals surface area contributed by atoms with Gasteiger partial charge >= 0.3 is 0 Å². The van der Waals surface area contributed by atoms with Crippen LogP contribution in [-0.2, 0) is 4.79 Å². The maximum Gasteiger partial charge on any atom is 0.231 e. The molecule has 3 nitrogen and oxygen atoms in total. The molecular formula is C20H16N2OS3. The molecule has 0 bridgehead atoms. The number of carbonyl (C=O) groups is 1. The monoisotopic (exact) mass is 396 g/mol. The van der Waals surface area contributed by atoms with E-state index in [0.717, 1.165) is 25.0 Å². The molecule has 26 heavy (non-hydrogen) atoms. The highest BCUT2D eigenvalue weighted by atomic mass is 32.2. The Hall–Kier alpha value is -2.15. The van der Waals surface area contributed by atoms with Crippen LogP contribution in [0.2, 0.25) is 0 Å². The van der Waals surface area contributed by atoms with E-state index in [2.05, 4.69) is 22.4 Å². The number of amides is 1. The van der Waals surface area contributed by atoms with Gasteiger partial charge in [0.05, 0.1) is 22.0 Å². The van der Waals surface area contributed by atoms with Crippen molar-refractivity contribution in [1.29, 1.82) is 0 Å². The molecule has 0 radical (unpaired) electrons. The van der Waals surface area contributed by atoms with Crippen molar-refractivity contribution in [2.24, 2.45) is 0 Å². The summed E-state index contributed by atoms with van der Waals surface area (Å²) in [5.74, 6) is 0.366. The third-order valence-electron chi connectivity index (χ3n) is 3.87. The Labute approximate surface area is 164 Å². The predicted molar refractivity (Wildman–Crippen MR) is 111 cm³/mol. The van der Waals surface area contributed by atoms with E-state index in [1.54, 1.807) is 22.7 Å². The van der Waals surface area contributed by atoms with Crippen molar-refractivity contribution in [3.05, 3.63) is 82.6 Å². The average Bonchev–Trinajstić information content (AvgIpc) is 3.34. The highest BCUT2D eigenvalue weighted by Gasteiger charge is 2.18. The van der Waals surface area contributed by atoms with Crippen LogP contribution in [0.5, 0.6) is 0 Å². The van der Waals surface area contributed by atoms with E-state index < -0.39 is 0 Å². The highest BCUT2D eigenvalue weighted by Crippen LogP contribution is 2.30. The van der Waals surface area contributed by atoms with Gasteiger partial charge in [0, 0.05) is 4.88 Å². The second-order valence-electron chi connectivity index (χ2n) is 5.66. The van der Waals surface area contributed by atoms with Gasteiger partial charge in [0.25, 0.3) is 0 Å². The van der Waals surface area contributed by atoms with Crippen LogP contribution >= 0.6 is 34.4 Å². The molecule has 2 heterocycles. The second kappa shape index (κ2) is 8.03. The summed E-state index contributed by atoms with van der Waals surface area (Å²) in [7, 11) is 0. The molecule has 2 aromatic heterocycles. The lowest BCUT2D eigenvalue weighted by atomic mass is 10.1. The van der Waals surface area contributed by atoms with Crippen LogP contribution in [0, 0.1) is 0 Å². The van der Waals surface area contributed by atoms with E-state index >= 15 is 0 Å². The molecule has 6 heteroatoms. The van der Waals surface area contributed by atoms with Gasteiger partial charge in [0.15, 0.2) is 4.34 Å². The molecule has 0 saturated carbocycles. The van der Waals surface area contributed by atoms with Crippen LogP contribution in [0.4, 0.5) is 0 Å². The zero-order valence-corrected chi connectivity index (χ0v) is 16.2. The summed E-state index contributed by atoms with van der Waals surface area (Å²) < 4.78 is 2.07. The Morgan fingerprint density at radius 2 is 1.85 bits per heavy atom. The number of benzene rings is 2. The molecule has 0 unspecified atom stereocenters. The van der Waals surface area contributed by atoms with Crippen molar-refractivity contribution in [3.8, 4) is 0 Å². The van der Waals surface area contributed by atoms with E-state index in [4.69, 9.17) is 0 Å². The zero-order chi connectivity index (χ0) is 17.8. The van der Waals surface area contributed by atoms with Crippen LogP contribution in [0.3, 0.4) is 0 Å². The van der Waals surface area contributed by atoms with E-state index in [-0.39, 0.29) is 11.9 Å². The van der Waals surface area contributed by atoms with E-state index in [0.29, 0.717) is 5.75 Å². The molecule has 1 atom stereocenters. The van der Waals surface area contributed by atoms with Gasteiger partial charge in [-0.25, -0.2) is 4.98 Å². The standard InChI is InChI=1S/C20H16N2OS3/c23-18(13-25-20-21-15-9-4-5-10-16(15)26-20)22-19(17-11-6-12-24-17)14-7-2-1-3-8-14/h1-12,19H,13H2,(H,22,23)/t19-/m1/s1. The Balaban J connectivity index is 1.45. The number of para-hydroxylation sites is 1. The molecule has 0 spiro atoms. The fourth-order valence-electron chi connectivity index (χ4n) is 2.66. The summed E-state index contributed by atoms with van der Waals surface area (Å²) in [5.41, 5.74) is 2.08. The van der Waals surface area contributed by atoms with E-state index in [1.807, 2.05) is 60.0 Å². The topological polar surface area (TPSA) is 42.0 Å². The van der Waals surface area contributed by atoms with E-state index in [1.165, 1.54) is 11.8 Å². The number of thiazole rings is 1. The van der Waals surface area contributed by atoms with Crippen LogP contribution in [-0.4, -0.2) is 16.6 Å². The number of thiophene rings is 1. The molecule has 4 rings (SSSR count). The van der Waals surface area contributed by atoms with Crippen LogP contribution in [0.1, 0.15) is 16.5 Å². The number of aromatic nitrogens is 1. The highest BCUT2D eigenvalue weighted by molar-refractivity contribution is 8.01. The molecule has 0 fully saturated rings. The first-order valence-electron chi connectivity index (χ1n) is 8.16. The van der Waals surface area contributed by atoms with Gasteiger partial charge < -0.3 is 5.32 Å². The second-order valence-corrected chi connectivity index (χ2v) is 8.90. The number of hydrogen-bond acceptors (Lipinski definition) is 5. The Morgan fingerprint density at radius 3 is 2.62 bits per heavy atom. The number of carbonyl (C=O) groups excluding carboxylic acids is 1. The number of nitrogens with one attached hydrogen (secondary N) is 1. The lowest BCUT2D eigenvalue weighted by Crippen LogP contribution is -2.30. The van der Waals surface area contributed by atoms with Crippen LogP contribution in [0.25, 0.3) is 10.2 Å². The first-order valence-corrected chi connectivity index (χ1v) is 10.8. The lowest BCUT2D eigenvalue weighted by Gasteiger charge is -2.17. The third kappa shape index (κ3) is 3.98. The van der Waals surface area contributed by atoms with Crippen molar-refractivity contribution in [1.82, 2.24) is 10.3 Å². The molecule has 2 aromatic carbocycles. The first-order chi connectivity index (χ1) is 12.8. The number of hydrogen-bond donors (Lipinski definition) is 1. The maximum absolute atomic E-state index is 12.6. The molecule has 0 aliphatic carbocycles. The molecule has 0 saturated heterocycles. The van der Waals surface area contributed by atoms with Crippen molar-refractivity contribution >= 4 is 50.6 Å². The molecule has 0 aliphatic heterocycles. The minimum atomic E-state index is -0.111. The van der Waals surface area contributed by atoms with Gasteiger partial charge in [-0.2, -0.15) is 0 Å². The van der Waals surface area contributed by atoms with Gasteiger partial charge in [-0.15, -0.1) is 22.7 Å². The summed E-state index contributed by atoms with van der Waals surface area (Å²) in [6.45, 7) is 0. The average molecular weight is 397 g/mol. The zero-order valence-electron chi connectivity index (χ0n) is 13.8. The fourth-order valence-corrected chi connectivity index (χ4v) is 5.34. The summed E-state index contributed by atoms with van der Waals surface area (Å²) in [6, 6.07) is 22.1. The molecule has 0 aliphatic rings. The molecule has 4 aromatic rings. The first kappa shape index (κ1) is 17.3. The van der Waals surface area contributed by atoms with Gasteiger partial charge in [0.1, 0.15) is 0 Å². The van der Waals surface area contributed by atoms with Crippen molar-refractivity contribution < 1.29 is 4.79 Å². The normalized spacial score (nSPS) is 12.2. The summed E-state index contributed by atoms with van der Waals surface area (Å²) in [4.78, 5) is 18.3. The summed E-state index contributed by atoms with van der Waals surface area (Å²) >= 11 is 4.77. The fraction of sp³-hybridized carbons (Fsp3) is 0.100. The van der Waals surface area contributed by atoms with Gasteiger partial charge in [-0.05, 0) is 29.1 Å². The maximum atomic E-state index is 12.6. The largest absolute Gasteiger partial charge is 0.344 e. The van der Waals surface area contributed by atoms with Crippen molar-refractivity contribution in [2.75, 3.05) is 5.75 Å². The molecule has 1 amide bonds. The smallest absolute Gasteiger partial charge is 0.231 e. The Morgan fingerprint density at radius 1 is 1.04 bits per heavy atom. The van der Waals surface area contributed by atoms with Crippen LogP contribution in [0.15, 0.2) is 76.4 Å². The summed E-state index contributed by atoms with van der Waals surface area (Å²) in [6.07, 6.45) is 0. The van der Waals surface area contributed by atoms with Crippen LogP contribution < -0.4 is 5.32 Å². The SMILES string of the molecule is O=C(CSc1nc2ccccc2s1)N[C@H](c1ccccc1)c1cccs1. The molecule has 1 N–H and O–H groups in total. The van der Waals surface area contributed by atoms with Gasteiger partial charge in [-0.3, -0.25) is 4.79 Å². The predicted octanol–water partition coefficient (Wildman–Crippen LogP) is 5.36. The Bertz CT molecular complexity index is 963. The number of thioether (sulfide) groups is 1. The number of nitrogens with zero attached hydrogens (tertiary/aromatic N) is 1. The molecular weight excluding hydrogens is 380 g/mol. The van der Waals surface area contributed by atoms with Crippen molar-refractivity contribution in [2.45, 2.75) is 10.4 Å². The Kier molecular flexibility index (Phi) is 5.34. The summed E-state index contributed by atoms with van der Waals surface area (Å²) in [5, 5.41) is 5.20. The van der Waals surface area contributed by atoms with E-state index in [9.17, 15) is 4.79 Å². The van der Waals surface area contributed by atoms with Gasteiger partial charge in [-0.1, -0.05) is 60.3 Å². The minimum Gasteiger partial charge on any atom is -0.344 e. The quantitative estimate of drug-likeness (QED) is 0.446. The minimum absolute atomic E-state index is 0.0107. The third-order valence-corrected chi connectivity index (χ3v) is 6.98. The number of fused-ring (bicyclic) bond motifs is 1. The number of rotatable bonds is 6. The van der Waals surface area contributed by atoms with Crippen molar-refractivity contribution in [3.63, 3.8) is 0 Å². The lowest BCUT2D eigenvalue weighted by molar-refractivity contribution is -0.119.